The van der Waals surface area contributed by atoms with Gasteiger partial charge in [-0.3, -0.25) is 9.59 Å². The Kier molecular flexibility index (Phi) is 8.49. The fraction of sp³-hybridized carbons (Fsp3) is 0.562. The first-order chi connectivity index (χ1) is 11.1. The third-order valence-corrected chi connectivity index (χ3v) is 2.99. The molecule has 128 valence electrons. The van der Waals surface area contributed by atoms with Crippen LogP contribution in [0.1, 0.15) is 50.0 Å². The largest absolute Gasteiger partial charge is 0.492 e. The van der Waals surface area contributed by atoms with E-state index in [1.54, 1.807) is 6.07 Å². The number of rotatable bonds is 11. The molecule has 0 saturated carbocycles. The summed E-state index contributed by atoms with van der Waals surface area (Å²) in [5.41, 5.74) is 5.14. The zero-order chi connectivity index (χ0) is 17.1. The molecule has 0 unspecified atom stereocenters. The van der Waals surface area contributed by atoms with E-state index in [1.807, 2.05) is 6.92 Å². The molecule has 7 nitrogen and oxygen atoms in total. The maximum Gasteiger partial charge on any atom is 0.274 e. The maximum absolute atomic E-state index is 12.1. The fourth-order valence-electron chi connectivity index (χ4n) is 1.70. The summed E-state index contributed by atoms with van der Waals surface area (Å²) in [6.45, 7) is 4.94. The Morgan fingerprint density at radius 2 is 1.83 bits per heavy atom. The first kappa shape index (κ1) is 18.7. The summed E-state index contributed by atoms with van der Waals surface area (Å²) in [5, 5.41) is 2.40. The summed E-state index contributed by atoms with van der Waals surface area (Å²) in [6, 6.07) is 1.65. The number of amides is 2. The van der Waals surface area contributed by atoms with Gasteiger partial charge in [-0.1, -0.05) is 26.7 Å². The van der Waals surface area contributed by atoms with Crippen LogP contribution in [0, 0.1) is 0 Å². The third-order valence-electron chi connectivity index (χ3n) is 2.99. The Labute approximate surface area is 136 Å². The van der Waals surface area contributed by atoms with Crippen LogP contribution in [0.3, 0.4) is 0 Å². The smallest absolute Gasteiger partial charge is 0.274 e. The number of nitrogens with one attached hydrogen (secondary N) is 1. The molecular formula is C16H25N3O4. The number of primary amides is 1. The van der Waals surface area contributed by atoms with E-state index >= 15 is 0 Å². The second-order valence-corrected chi connectivity index (χ2v) is 5.07. The van der Waals surface area contributed by atoms with Crippen LogP contribution in [0.2, 0.25) is 0 Å². The van der Waals surface area contributed by atoms with Gasteiger partial charge in [0.2, 0.25) is 5.91 Å². The second-order valence-electron chi connectivity index (χ2n) is 5.07. The van der Waals surface area contributed by atoms with Gasteiger partial charge in [0.05, 0.1) is 26.0 Å². The molecule has 0 aromatic carbocycles. The zero-order valence-electron chi connectivity index (χ0n) is 13.8. The predicted octanol–water partition coefficient (Wildman–Crippen LogP) is 1.65. The van der Waals surface area contributed by atoms with Gasteiger partial charge in [-0.05, 0) is 12.8 Å². The van der Waals surface area contributed by atoms with Gasteiger partial charge in [0.15, 0.2) is 11.4 Å². The number of carbonyl (C=O) groups is 2. The molecular weight excluding hydrogens is 298 g/mol. The number of hydrogen-bond acceptors (Lipinski definition) is 5. The van der Waals surface area contributed by atoms with E-state index in [0.29, 0.717) is 24.7 Å². The molecule has 0 aliphatic rings. The summed E-state index contributed by atoms with van der Waals surface area (Å²) < 4.78 is 11.2. The molecule has 1 aromatic heterocycles. The molecule has 0 aliphatic heterocycles. The van der Waals surface area contributed by atoms with Crippen LogP contribution in [0.4, 0.5) is 0 Å². The zero-order valence-corrected chi connectivity index (χ0v) is 13.8. The number of carbonyl (C=O) groups excluding carboxylic acids is 2. The summed E-state index contributed by atoms with van der Waals surface area (Å²) in [7, 11) is 0. The van der Waals surface area contributed by atoms with Gasteiger partial charge in [0.25, 0.3) is 5.91 Å². The average Bonchev–Trinajstić information content (AvgIpc) is 2.53. The number of ether oxygens (including phenoxy) is 2. The second kappa shape index (κ2) is 10.4. The number of aromatic nitrogens is 1. The molecule has 0 radical (unpaired) electrons. The molecule has 0 aliphatic carbocycles. The highest BCUT2D eigenvalue weighted by molar-refractivity contribution is 5.97. The van der Waals surface area contributed by atoms with Crippen molar-refractivity contribution in [1.82, 2.24) is 10.3 Å². The normalized spacial score (nSPS) is 10.2. The van der Waals surface area contributed by atoms with Gasteiger partial charge in [0, 0.05) is 6.07 Å². The lowest BCUT2D eigenvalue weighted by molar-refractivity contribution is -0.117. The Balaban J connectivity index is 2.84. The van der Waals surface area contributed by atoms with Crippen LogP contribution in [0.15, 0.2) is 12.3 Å². The van der Waals surface area contributed by atoms with Crippen molar-refractivity contribution in [2.24, 2.45) is 5.73 Å². The molecule has 0 saturated heterocycles. The molecule has 7 heteroatoms. The van der Waals surface area contributed by atoms with Gasteiger partial charge >= 0.3 is 0 Å². The number of nitrogens with zero attached hydrogens (tertiary/aromatic N) is 1. The van der Waals surface area contributed by atoms with E-state index in [-0.39, 0.29) is 12.2 Å². The fourth-order valence-corrected chi connectivity index (χ4v) is 1.70. The van der Waals surface area contributed by atoms with Gasteiger partial charge in [0.1, 0.15) is 5.75 Å². The molecule has 3 N–H and O–H groups in total. The number of hydrogen-bond donors (Lipinski definition) is 2. The topological polar surface area (TPSA) is 104 Å². The monoisotopic (exact) mass is 323 g/mol. The van der Waals surface area contributed by atoms with Crippen molar-refractivity contribution in [2.45, 2.75) is 39.5 Å². The van der Waals surface area contributed by atoms with E-state index in [0.717, 1.165) is 25.7 Å². The van der Waals surface area contributed by atoms with Crippen molar-refractivity contribution < 1.29 is 19.1 Å². The summed E-state index contributed by atoms with van der Waals surface area (Å²) in [6.07, 6.45) is 5.28. The lowest BCUT2D eigenvalue weighted by Crippen LogP contribution is -2.34. The molecule has 1 rings (SSSR count). The first-order valence-electron chi connectivity index (χ1n) is 7.90. The van der Waals surface area contributed by atoms with Crippen LogP contribution in [-0.4, -0.2) is 36.6 Å². The summed E-state index contributed by atoms with van der Waals surface area (Å²) in [4.78, 5) is 26.9. The SMILES string of the molecule is CCCCOc1cnc(C(=O)NCC(N)=O)c(OCCCC)c1. The quantitative estimate of drug-likeness (QED) is 0.603. The number of unbranched alkanes of at least 4 members (excludes halogenated alkanes) is 2. The molecule has 2 amide bonds. The van der Waals surface area contributed by atoms with Gasteiger partial charge in [-0.25, -0.2) is 4.98 Å². The Morgan fingerprint density at radius 3 is 2.43 bits per heavy atom. The molecule has 1 heterocycles. The molecule has 0 spiro atoms. The van der Waals surface area contributed by atoms with Gasteiger partial charge in [-0.15, -0.1) is 0 Å². The van der Waals surface area contributed by atoms with Crippen LogP contribution < -0.4 is 20.5 Å². The van der Waals surface area contributed by atoms with E-state index in [1.165, 1.54) is 6.20 Å². The van der Waals surface area contributed by atoms with E-state index in [4.69, 9.17) is 15.2 Å². The van der Waals surface area contributed by atoms with E-state index < -0.39 is 11.8 Å². The van der Waals surface area contributed by atoms with Gasteiger partial charge in [-0.2, -0.15) is 0 Å². The minimum absolute atomic E-state index is 0.116. The van der Waals surface area contributed by atoms with Crippen molar-refractivity contribution in [3.8, 4) is 11.5 Å². The average molecular weight is 323 g/mol. The lowest BCUT2D eigenvalue weighted by atomic mass is 10.3. The van der Waals surface area contributed by atoms with Crippen molar-refractivity contribution in [3.05, 3.63) is 18.0 Å². The summed E-state index contributed by atoms with van der Waals surface area (Å²) >= 11 is 0. The highest BCUT2D eigenvalue weighted by atomic mass is 16.5. The van der Waals surface area contributed by atoms with E-state index in [9.17, 15) is 9.59 Å². The minimum Gasteiger partial charge on any atom is -0.492 e. The minimum atomic E-state index is -0.619. The van der Waals surface area contributed by atoms with Crippen molar-refractivity contribution in [2.75, 3.05) is 19.8 Å². The molecule has 0 atom stereocenters. The highest BCUT2D eigenvalue weighted by Gasteiger charge is 2.16. The van der Waals surface area contributed by atoms with Crippen molar-refractivity contribution in [1.29, 1.82) is 0 Å². The standard InChI is InChI=1S/C16H25N3O4/c1-3-5-7-22-12-9-13(23-8-6-4-2)15(18-10-12)16(21)19-11-14(17)20/h9-10H,3-8,11H2,1-2H3,(H2,17,20)(H,19,21). The molecule has 23 heavy (non-hydrogen) atoms. The van der Waals surface area contributed by atoms with E-state index in [2.05, 4.69) is 17.2 Å². The number of nitrogens with two attached hydrogens (primary N) is 1. The first-order valence-corrected chi connectivity index (χ1v) is 7.90. The predicted molar refractivity (Wildman–Crippen MR) is 86.6 cm³/mol. The van der Waals surface area contributed by atoms with Gasteiger partial charge < -0.3 is 20.5 Å². The molecule has 0 bridgehead atoms. The van der Waals surface area contributed by atoms with Crippen molar-refractivity contribution in [3.63, 3.8) is 0 Å². The number of pyridine rings is 1. The Morgan fingerprint density at radius 1 is 1.17 bits per heavy atom. The Bertz CT molecular complexity index is 520. The Hall–Kier alpha value is -2.31. The van der Waals surface area contributed by atoms with Crippen LogP contribution in [0.5, 0.6) is 11.5 Å². The highest BCUT2D eigenvalue weighted by Crippen LogP contribution is 2.23. The molecule has 0 fully saturated rings. The van der Waals surface area contributed by atoms with Crippen LogP contribution in [0.25, 0.3) is 0 Å². The van der Waals surface area contributed by atoms with Crippen LogP contribution >= 0.6 is 0 Å². The van der Waals surface area contributed by atoms with Crippen LogP contribution in [-0.2, 0) is 4.79 Å². The molecule has 1 aromatic rings. The maximum atomic E-state index is 12.1. The summed E-state index contributed by atoms with van der Waals surface area (Å²) in [5.74, 6) is -0.229. The lowest BCUT2D eigenvalue weighted by Gasteiger charge is -2.12. The van der Waals surface area contributed by atoms with Crippen molar-refractivity contribution >= 4 is 11.8 Å². The third kappa shape index (κ3) is 6.99.